The van der Waals surface area contributed by atoms with Gasteiger partial charge in [-0.25, -0.2) is 0 Å². The Morgan fingerprint density at radius 2 is 2.12 bits per heavy atom. The molecule has 0 radical (unpaired) electrons. The highest BCUT2D eigenvalue weighted by Gasteiger charge is 2.31. The third-order valence-corrected chi connectivity index (χ3v) is 6.38. The summed E-state index contributed by atoms with van der Waals surface area (Å²) in [5, 5.41) is 5.50. The van der Waals surface area contributed by atoms with Crippen LogP contribution in [0.5, 0.6) is 0 Å². The number of nitrogens with zero attached hydrogens (tertiary/aromatic N) is 1. The zero-order valence-corrected chi connectivity index (χ0v) is 15.2. The predicted octanol–water partition coefficient (Wildman–Crippen LogP) is 2.23. The van der Waals surface area contributed by atoms with Crippen LogP contribution in [0.4, 0.5) is 0 Å². The summed E-state index contributed by atoms with van der Waals surface area (Å²) in [4.78, 5) is 28.8. The molecule has 1 saturated carbocycles. The summed E-state index contributed by atoms with van der Waals surface area (Å²) in [6, 6.07) is 4.12. The monoisotopic (exact) mass is 349 g/mol. The molecule has 132 valence electrons. The zero-order valence-electron chi connectivity index (χ0n) is 14.3. The van der Waals surface area contributed by atoms with Gasteiger partial charge in [-0.05, 0) is 30.9 Å². The largest absolute Gasteiger partial charge is 0.359 e. The molecular weight excluding hydrogens is 322 g/mol. The molecule has 0 spiro atoms. The van der Waals surface area contributed by atoms with E-state index in [1.54, 1.807) is 7.05 Å². The molecule has 2 heterocycles. The van der Waals surface area contributed by atoms with Gasteiger partial charge in [0.2, 0.25) is 11.8 Å². The van der Waals surface area contributed by atoms with E-state index in [4.69, 9.17) is 0 Å². The maximum atomic E-state index is 12.2. The third kappa shape index (κ3) is 4.16. The van der Waals surface area contributed by atoms with Crippen LogP contribution in [0.1, 0.15) is 54.2 Å². The highest BCUT2D eigenvalue weighted by molar-refractivity contribution is 7.12. The number of nitrogens with one attached hydrogen (secondary N) is 2. The second kappa shape index (κ2) is 8.12. The average molecular weight is 350 g/mol. The van der Waals surface area contributed by atoms with Gasteiger partial charge in [0, 0.05) is 36.4 Å². The molecule has 3 rings (SSSR count). The van der Waals surface area contributed by atoms with Crippen LogP contribution in [0, 0.1) is 0 Å². The van der Waals surface area contributed by atoms with Gasteiger partial charge in [-0.15, -0.1) is 11.3 Å². The van der Waals surface area contributed by atoms with Crippen molar-refractivity contribution in [2.24, 2.45) is 0 Å². The molecule has 1 atom stereocenters. The smallest absolute Gasteiger partial charge is 0.237 e. The van der Waals surface area contributed by atoms with E-state index >= 15 is 0 Å². The molecule has 1 aromatic heterocycles. The van der Waals surface area contributed by atoms with Crippen LogP contribution in [0.3, 0.4) is 0 Å². The van der Waals surface area contributed by atoms with E-state index in [9.17, 15) is 9.59 Å². The average Bonchev–Trinajstić information content (AvgIpc) is 3.07. The van der Waals surface area contributed by atoms with E-state index in [0.29, 0.717) is 6.54 Å². The van der Waals surface area contributed by atoms with E-state index < -0.39 is 0 Å². The van der Waals surface area contributed by atoms with Gasteiger partial charge in [-0.3, -0.25) is 14.5 Å². The Morgan fingerprint density at radius 3 is 2.88 bits per heavy atom. The van der Waals surface area contributed by atoms with Gasteiger partial charge in [-0.2, -0.15) is 0 Å². The van der Waals surface area contributed by atoms with E-state index in [-0.39, 0.29) is 24.3 Å². The fourth-order valence-corrected chi connectivity index (χ4v) is 4.94. The summed E-state index contributed by atoms with van der Waals surface area (Å²) in [5.41, 5.74) is 0. The fraction of sp³-hybridized carbons (Fsp3) is 0.667. The van der Waals surface area contributed by atoms with Crippen LogP contribution in [-0.4, -0.2) is 42.9 Å². The van der Waals surface area contributed by atoms with Crippen molar-refractivity contribution in [1.82, 2.24) is 15.5 Å². The number of amides is 2. The molecule has 1 saturated heterocycles. The number of carbonyl (C=O) groups excluding carboxylic acids is 2. The lowest BCUT2D eigenvalue weighted by Gasteiger charge is -2.34. The van der Waals surface area contributed by atoms with E-state index in [1.807, 2.05) is 11.3 Å². The van der Waals surface area contributed by atoms with Crippen molar-refractivity contribution >= 4 is 23.2 Å². The van der Waals surface area contributed by atoms with Crippen LogP contribution in [0.25, 0.3) is 0 Å². The molecular formula is C18H27N3O2S. The second-order valence-corrected chi connectivity index (χ2v) is 7.99. The summed E-state index contributed by atoms with van der Waals surface area (Å²) in [5.74, 6) is 0.605. The Morgan fingerprint density at radius 1 is 1.33 bits per heavy atom. The Labute approximate surface area is 147 Å². The Bertz CT molecular complexity index is 581. The molecule has 2 fully saturated rings. The molecule has 2 N–H and O–H groups in total. The summed E-state index contributed by atoms with van der Waals surface area (Å²) >= 11 is 1.89. The predicted molar refractivity (Wildman–Crippen MR) is 96.0 cm³/mol. The highest BCUT2D eigenvalue weighted by Crippen LogP contribution is 2.36. The molecule has 24 heavy (non-hydrogen) atoms. The maximum Gasteiger partial charge on any atom is 0.237 e. The zero-order chi connectivity index (χ0) is 16.9. The van der Waals surface area contributed by atoms with Gasteiger partial charge in [0.1, 0.15) is 0 Å². The Balaban J connectivity index is 1.65. The fourth-order valence-electron chi connectivity index (χ4n) is 3.74. The van der Waals surface area contributed by atoms with E-state index in [2.05, 4.69) is 27.7 Å². The molecule has 0 unspecified atom stereocenters. The minimum Gasteiger partial charge on any atom is -0.359 e. The SMILES string of the molecule is CNC(=O)C[C@H]1C(=O)NCCN1Cc1ccc(C2CCCCC2)s1. The molecule has 0 bridgehead atoms. The topological polar surface area (TPSA) is 61.4 Å². The number of carbonyl (C=O) groups is 2. The number of rotatable bonds is 5. The van der Waals surface area contributed by atoms with Crippen molar-refractivity contribution in [3.8, 4) is 0 Å². The van der Waals surface area contributed by atoms with Gasteiger partial charge in [0.25, 0.3) is 0 Å². The van der Waals surface area contributed by atoms with Crippen molar-refractivity contribution in [2.75, 3.05) is 20.1 Å². The maximum absolute atomic E-state index is 12.2. The van der Waals surface area contributed by atoms with Crippen LogP contribution < -0.4 is 10.6 Å². The molecule has 1 aromatic rings. The lowest BCUT2D eigenvalue weighted by atomic mass is 9.88. The minimum absolute atomic E-state index is 0.0334. The minimum atomic E-state index is -0.362. The van der Waals surface area contributed by atoms with Crippen molar-refractivity contribution < 1.29 is 9.59 Å². The molecule has 0 aromatic carbocycles. The molecule has 2 amide bonds. The summed E-state index contributed by atoms with van der Waals surface area (Å²) in [6.45, 7) is 2.21. The first-order valence-corrected chi connectivity index (χ1v) is 9.80. The van der Waals surface area contributed by atoms with Crippen LogP contribution >= 0.6 is 11.3 Å². The first-order valence-electron chi connectivity index (χ1n) is 8.98. The quantitative estimate of drug-likeness (QED) is 0.857. The van der Waals surface area contributed by atoms with Gasteiger partial charge < -0.3 is 10.6 Å². The van der Waals surface area contributed by atoms with Crippen molar-refractivity contribution in [1.29, 1.82) is 0 Å². The van der Waals surface area contributed by atoms with Crippen LogP contribution in [0.2, 0.25) is 0 Å². The van der Waals surface area contributed by atoms with Gasteiger partial charge in [0.05, 0.1) is 12.5 Å². The molecule has 6 heteroatoms. The van der Waals surface area contributed by atoms with Crippen LogP contribution in [-0.2, 0) is 16.1 Å². The summed E-state index contributed by atoms with van der Waals surface area (Å²) < 4.78 is 0. The van der Waals surface area contributed by atoms with Crippen molar-refractivity contribution in [2.45, 2.75) is 57.0 Å². The first kappa shape index (κ1) is 17.4. The van der Waals surface area contributed by atoms with Gasteiger partial charge in [0.15, 0.2) is 0 Å². The molecule has 1 aliphatic carbocycles. The lowest BCUT2D eigenvalue weighted by Crippen LogP contribution is -2.55. The van der Waals surface area contributed by atoms with E-state index in [0.717, 1.165) is 19.0 Å². The van der Waals surface area contributed by atoms with Crippen molar-refractivity contribution in [3.63, 3.8) is 0 Å². The molecule has 5 nitrogen and oxygen atoms in total. The molecule has 2 aliphatic rings. The van der Waals surface area contributed by atoms with Crippen LogP contribution in [0.15, 0.2) is 12.1 Å². The van der Waals surface area contributed by atoms with Crippen molar-refractivity contribution in [3.05, 3.63) is 21.9 Å². The normalized spacial score (nSPS) is 23.0. The first-order chi connectivity index (χ1) is 11.7. The number of piperazine rings is 1. The highest BCUT2D eigenvalue weighted by atomic mass is 32.1. The van der Waals surface area contributed by atoms with Gasteiger partial charge >= 0.3 is 0 Å². The number of hydrogen-bond donors (Lipinski definition) is 2. The molecule has 1 aliphatic heterocycles. The third-order valence-electron chi connectivity index (χ3n) is 5.15. The summed E-state index contributed by atoms with van der Waals surface area (Å²) in [6.07, 6.45) is 6.91. The Hall–Kier alpha value is -1.40. The number of thiophene rings is 1. The standard InChI is InChI=1S/C18H27N3O2S/c1-19-17(22)11-15-18(23)20-9-10-21(15)12-14-7-8-16(24-14)13-5-3-2-4-6-13/h7-8,13,15H,2-6,9-12H2,1H3,(H,19,22)(H,20,23)/t15-/m0/s1. The summed E-state index contributed by atoms with van der Waals surface area (Å²) in [7, 11) is 1.61. The van der Waals surface area contributed by atoms with E-state index in [1.165, 1.54) is 41.9 Å². The Kier molecular flexibility index (Phi) is 5.89. The lowest BCUT2D eigenvalue weighted by molar-refractivity contribution is -0.134. The second-order valence-electron chi connectivity index (χ2n) is 6.79. The van der Waals surface area contributed by atoms with Gasteiger partial charge in [-0.1, -0.05) is 19.3 Å². The number of hydrogen-bond acceptors (Lipinski definition) is 4.